The fraction of sp³-hybridized carbons (Fsp3) is 0.105. The van der Waals surface area contributed by atoms with Crippen molar-refractivity contribution in [1.82, 2.24) is 10.2 Å². The van der Waals surface area contributed by atoms with Gasteiger partial charge >= 0.3 is 0 Å². The van der Waals surface area contributed by atoms with Crippen LogP contribution in [-0.2, 0) is 9.59 Å². The van der Waals surface area contributed by atoms with E-state index in [1.807, 2.05) is 31.2 Å². The predicted octanol–water partition coefficient (Wildman–Crippen LogP) is 3.55. The van der Waals surface area contributed by atoms with E-state index < -0.39 is 11.8 Å². The Bertz CT molecular complexity index is 913. The molecule has 1 aromatic carbocycles. The summed E-state index contributed by atoms with van der Waals surface area (Å²) >= 11 is 6.49. The van der Waals surface area contributed by atoms with Crippen molar-refractivity contribution in [2.24, 2.45) is 0 Å². The molecule has 1 aliphatic rings. The second kappa shape index (κ2) is 7.72. The number of benzene rings is 1. The Labute approximate surface area is 160 Å². The van der Waals surface area contributed by atoms with E-state index >= 15 is 0 Å². The average Bonchev–Trinajstić information content (AvgIpc) is 3.04. The van der Waals surface area contributed by atoms with E-state index in [2.05, 4.69) is 11.9 Å². The molecule has 0 saturated carbocycles. The largest absolute Gasteiger partial charge is 0.450 e. The molecule has 5 nitrogen and oxygen atoms in total. The van der Waals surface area contributed by atoms with Gasteiger partial charge in [0, 0.05) is 11.4 Å². The average molecular weight is 384 g/mol. The van der Waals surface area contributed by atoms with Crippen LogP contribution in [0.2, 0.25) is 0 Å². The second-order valence-electron chi connectivity index (χ2n) is 5.59. The highest BCUT2D eigenvalue weighted by Crippen LogP contribution is 2.30. The van der Waals surface area contributed by atoms with Crippen molar-refractivity contribution < 1.29 is 14.0 Å². The highest BCUT2D eigenvalue weighted by molar-refractivity contribution is 7.99. The summed E-state index contributed by atoms with van der Waals surface area (Å²) in [5.74, 6) is -0.586. The van der Waals surface area contributed by atoms with Crippen LogP contribution in [0.4, 0.5) is 0 Å². The number of aryl methyl sites for hydroxylation is 1. The molecule has 132 valence electrons. The molecule has 1 fully saturated rings. The van der Waals surface area contributed by atoms with E-state index in [0.29, 0.717) is 10.9 Å². The van der Waals surface area contributed by atoms with Crippen molar-refractivity contribution in [3.63, 3.8) is 0 Å². The fourth-order valence-electron chi connectivity index (χ4n) is 2.32. The van der Waals surface area contributed by atoms with E-state index in [1.165, 1.54) is 28.3 Å². The van der Waals surface area contributed by atoms with Crippen LogP contribution in [0, 0.1) is 6.92 Å². The van der Waals surface area contributed by atoms with E-state index in [-0.39, 0.29) is 17.2 Å². The molecule has 7 heteroatoms. The van der Waals surface area contributed by atoms with Gasteiger partial charge in [0.15, 0.2) is 10.2 Å². The van der Waals surface area contributed by atoms with Crippen molar-refractivity contribution in [3.05, 3.63) is 65.9 Å². The van der Waals surface area contributed by atoms with Crippen LogP contribution < -0.4 is 5.32 Å². The minimum atomic E-state index is -0.538. The topological polar surface area (TPSA) is 62.6 Å². The van der Waals surface area contributed by atoms with Crippen molar-refractivity contribution in [1.29, 1.82) is 0 Å². The number of carbonyl (C=O) groups excluding carboxylic acids is 2. The first-order chi connectivity index (χ1) is 12.5. The molecular weight excluding hydrogens is 368 g/mol. The molecule has 1 saturated heterocycles. The van der Waals surface area contributed by atoms with E-state index in [1.54, 1.807) is 18.2 Å². The smallest absolute Gasteiger partial charge is 0.266 e. The van der Waals surface area contributed by atoms with Crippen LogP contribution >= 0.6 is 24.0 Å². The maximum absolute atomic E-state index is 12.5. The Morgan fingerprint density at radius 1 is 1.23 bits per heavy atom. The van der Waals surface area contributed by atoms with Gasteiger partial charge in [-0.1, -0.05) is 35.5 Å². The molecule has 2 heterocycles. The number of hydrogen-bond donors (Lipinski definition) is 1. The molecule has 0 aliphatic carbocycles. The maximum Gasteiger partial charge on any atom is 0.266 e. The molecule has 2 aromatic rings. The highest BCUT2D eigenvalue weighted by Gasteiger charge is 2.32. The molecule has 0 unspecified atom stereocenters. The molecule has 0 spiro atoms. The number of amides is 2. The summed E-state index contributed by atoms with van der Waals surface area (Å²) < 4.78 is 5.72. The Kier molecular flexibility index (Phi) is 5.39. The summed E-state index contributed by atoms with van der Waals surface area (Å²) in [7, 11) is 0. The molecule has 26 heavy (non-hydrogen) atoms. The predicted molar refractivity (Wildman–Crippen MR) is 105 cm³/mol. The van der Waals surface area contributed by atoms with Crippen LogP contribution in [0.15, 0.2) is 69.0 Å². The zero-order chi connectivity index (χ0) is 18.7. The fourth-order valence-corrected chi connectivity index (χ4v) is 3.35. The SMILES string of the molecule is C=CCN1C(=O)/C(=C\c2ccc(Sc3ccc(C)cc3)o2)C(=O)NC1=S. The number of thiocarbonyl (C=S) groups is 1. The van der Waals surface area contributed by atoms with Gasteiger partial charge in [-0.25, -0.2) is 0 Å². The van der Waals surface area contributed by atoms with E-state index in [4.69, 9.17) is 16.6 Å². The number of hydrogen-bond acceptors (Lipinski definition) is 5. The Morgan fingerprint density at radius 3 is 2.65 bits per heavy atom. The van der Waals surface area contributed by atoms with Crippen LogP contribution in [-0.4, -0.2) is 28.4 Å². The standard InChI is InChI=1S/C19H16N2O3S2/c1-3-10-21-18(23)15(17(22)20-19(21)25)11-13-6-9-16(24-13)26-14-7-4-12(2)5-8-14/h3-9,11H,1,10H2,2H3,(H,20,22,25)/b15-11-. The maximum atomic E-state index is 12.5. The van der Waals surface area contributed by atoms with Crippen molar-refractivity contribution in [2.45, 2.75) is 16.9 Å². The molecule has 2 amide bonds. The number of rotatable bonds is 5. The van der Waals surface area contributed by atoms with E-state index in [9.17, 15) is 9.59 Å². The number of nitrogens with one attached hydrogen (secondary N) is 1. The number of nitrogens with zero attached hydrogens (tertiary/aromatic N) is 1. The molecule has 0 radical (unpaired) electrons. The zero-order valence-electron chi connectivity index (χ0n) is 14.0. The summed E-state index contributed by atoms with van der Waals surface area (Å²) in [6.07, 6.45) is 2.97. The summed E-state index contributed by atoms with van der Waals surface area (Å²) in [6, 6.07) is 11.6. The summed E-state index contributed by atoms with van der Waals surface area (Å²) in [6.45, 7) is 5.84. The van der Waals surface area contributed by atoms with Gasteiger partial charge in [0.05, 0.1) is 0 Å². The van der Waals surface area contributed by atoms with Crippen molar-refractivity contribution >= 4 is 47.0 Å². The van der Waals surface area contributed by atoms with E-state index in [0.717, 1.165) is 4.90 Å². The van der Waals surface area contributed by atoms with Gasteiger partial charge in [-0.2, -0.15) is 0 Å². The van der Waals surface area contributed by atoms with Gasteiger partial charge in [0.25, 0.3) is 11.8 Å². The third kappa shape index (κ3) is 3.95. The lowest BCUT2D eigenvalue weighted by Crippen LogP contribution is -2.53. The van der Waals surface area contributed by atoms with Crippen LogP contribution in [0.1, 0.15) is 11.3 Å². The minimum Gasteiger partial charge on any atom is -0.450 e. The zero-order valence-corrected chi connectivity index (χ0v) is 15.7. The van der Waals surface area contributed by atoms with Gasteiger partial charge in [-0.05, 0) is 49.5 Å². The lowest BCUT2D eigenvalue weighted by molar-refractivity contribution is -0.128. The highest BCUT2D eigenvalue weighted by atomic mass is 32.2. The van der Waals surface area contributed by atoms with Gasteiger partial charge < -0.3 is 4.42 Å². The third-order valence-corrected chi connectivity index (χ3v) is 4.88. The first kappa shape index (κ1) is 18.2. The Morgan fingerprint density at radius 2 is 1.96 bits per heavy atom. The van der Waals surface area contributed by atoms with Gasteiger partial charge in [-0.3, -0.25) is 19.8 Å². The van der Waals surface area contributed by atoms with Crippen LogP contribution in [0.5, 0.6) is 0 Å². The summed E-state index contributed by atoms with van der Waals surface area (Å²) in [5, 5.41) is 3.25. The van der Waals surface area contributed by atoms with Gasteiger partial charge in [0.1, 0.15) is 11.3 Å². The molecule has 0 atom stereocenters. The van der Waals surface area contributed by atoms with Crippen LogP contribution in [0.3, 0.4) is 0 Å². The molecule has 0 bridgehead atoms. The lowest BCUT2D eigenvalue weighted by atomic mass is 10.1. The second-order valence-corrected chi connectivity index (χ2v) is 7.06. The molecule has 1 N–H and O–H groups in total. The van der Waals surface area contributed by atoms with Crippen molar-refractivity contribution in [2.75, 3.05) is 6.54 Å². The molecular formula is C19H16N2O3S2. The summed E-state index contributed by atoms with van der Waals surface area (Å²) in [4.78, 5) is 26.9. The first-order valence-electron chi connectivity index (χ1n) is 7.82. The van der Waals surface area contributed by atoms with Crippen LogP contribution in [0.25, 0.3) is 6.08 Å². The van der Waals surface area contributed by atoms with Gasteiger partial charge in [0.2, 0.25) is 0 Å². The third-order valence-electron chi connectivity index (χ3n) is 3.63. The minimum absolute atomic E-state index is 0.0262. The molecule has 1 aliphatic heterocycles. The lowest BCUT2D eigenvalue weighted by Gasteiger charge is -2.27. The quantitative estimate of drug-likeness (QED) is 0.370. The number of furan rings is 1. The first-order valence-corrected chi connectivity index (χ1v) is 9.04. The number of carbonyl (C=O) groups is 2. The van der Waals surface area contributed by atoms with Crippen molar-refractivity contribution in [3.8, 4) is 0 Å². The Balaban J connectivity index is 1.80. The Hall–Kier alpha value is -2.64. The monoisotopic (exact) mass is 384 g/mol. The normalized spacial score (nSPS) is 16.1. The molecule has 3 rings (SSSR count). The molecule has 1 aromatic heterocycles. The summed E-state index contributed by atoms with van der Waals surface area (Å²) in [5.41, 5.74) is 1.16. The van der Waals surface area contributed by atoms with Gasteiger partial charge in [-0.15, -0.1) is 6.58 Å².